The van der Waals surface area contributed by atoms with E-state index in [1.807, 2.05) is 13.8 Å². The average Bonchev–Trinajstić information content (AvgIpc) is 2.27. The van der Waals surface area contributed by atoms with Gasteiger partial charge in [0, 0.05) is 19.7 Å². The monoisotopic (exact) mass is 242 g/mol. The van der Waals surface area contributed by atoms with Crippen molar-refractivity contribution in [3.05, 3.63) is 0 Å². The summed E-state index contributed by atoms with van der Waals surface area (Å²) in [6.45, 7) is 4.54. The van der Waals surface area contributed by atoms with Crippen LogP contribution < -0.4 is 11.1 Å². The van der Waals surface area contributed by atoms with Crippen molar-refractivity contribution < 1.29 is 9.53 Å². The normalized spacial score (nSPS) is 25.6. The van der Waals surface area contributed by atoms with Crippen molar-refractivity contribution in [2.75, 3.05) is 13.7 Å². The number of nitrogens with one attached hydrogen (secondary N) is 1. The van der Waals surface area contributed by atoms with E-state index in [1.165, 1.54) is 12.8 Å². The summed E-state index contributed by atoms with van der Waals surface area (Å²) >= 11 is 0. The predicted molar refractivity (Wildman–Crippen MR) is 68.6 cm³/mol. The second-order valence-electron chi connectivity index (χ2n) is 5.65. The molecule has 0 aromatic heterocycles. The molecule has 3 N–H and O–H groups in total. The number of carbonyl (C=O) groups excluding carboxylic acids is 1. The van der Waals surface area contributed by atoms with E-state index in [9.17, 15) is 4.79 Å². The van der Waals surface area contributed by atoms with Gasteiger partial charge >= 0.3 is 0 Å². The highest BCUT2D eigenvalue weighted by Gasteiger charge is 2.24. The fourth-order valence-corrected chi connectivity index (χ4v) is 2.26. The minimum atomic E-state index is -0.390. The summed E-state index contributed by atoms with van der Waals surface area (Å²) in [5.41, 5.74) is 5.65. The molecule has 0 aromatic rings. The Balaban J connectivity index is 2.27. The molecule has 1 aliphatic carbocycles. The lowest BCUT2D eigenvalue weighted by Crippen LogP contribution is -2.42. The molecule has 1 aliphatic rings. The van der Waals surface area contributed by atoms with Crippen molar-refractivity contribution in [2.45, 2.75) is 57.6 Å². The van der Waals surface area contributed by atoms with Gasteiger partial charge in [0.2, 0.25) is 5.91 Å². The third-order valence-corrected chi connectivity index (χ3v) is 3.67. The zero-order chi connectivity index (χ0) is 12.9. The smallest absolute Gasteiger partial charge is 0.222 e. The van der Waals surface area contributed by atoms with E-state index in [1.54, 1.807) is 7.11 Å². The predicted octanol–water partition coefficient (Wildman–Crippen LogP) is 1.44. The van der Waals surface area contributed by atoms with Crippen LogP contribution in [-0.4, -0.2) is 31.2 Å². The van der Waals surface area contributed by atoms with Crippen molar-refractivity contribution in [3.8, 4) is 0 Å². The molecular weight excluding hydrogens is 216 g/mol. The SMILES string of the molecule is COC(C)(C)CC(=O)NCC1CCCCC1N. The van der Waals surface area contributed by atoms with Crippen LogP contribution >= 0.6 is 0 Å². The summed E-state index contributed by atoms with van der Waals surface area (Å²) in [4.78, 5) is 11.7. The summed E-state index contributed by atoms with van der Waals surface area (Å²) in [5.74, 6) is 0.494. The minimum absolute atomic E-state index is 0.0506. The van der Waals surface area contributed by atoms with Gasteiger partial charge in [-0.2, -0.15) is 0 Å². The Hall–Kier alpha value is -0.610. The van der Waals surface area contributed by atoms with E-state index in [0.29, 0.717) is 18.9 Å². The van der Waals surface area contributed by atoms with Gasteiger partial charge in [-0.3, -0.25) is 4.79 Å². The van der Waals surface area contributed by atoms with Gasteiger partial charge < -0.3 is 15.8 Å². The number of hydrogen-bond donors (Lipinski definition) is 2. The minimum Gasteiger partial charge on any atom is -0.378 e. The Morgan fingerprint density at radius 1 is 1.41 bits per heavy atom. The number of ether oxygens (including phenoxy) is 1. The Labute approximate surface area is 104 Å². The number of rotatable bonds is 5. The highest BCUT2D eigenvalue weighted by Crippen LogP contribution is 2.22. The number of nitrogens with two attached hydrogens (primary N) is 1. The topological polar surface area (TPSA) is 64.3 Å². The lowest BCUT2D eigenvalue weighted by atomic mass is 9.85. The first-order valence-electron chi connectivity index (χ1n) is 6.52. The van der Waals surface area contributed by atoms with Gasteiger partial charge in [0.05, 0.1) is 12.0 Å². The summed E-state index contributed by atoms with van der Waals surface area (Å²) in [6.07, 6.45) is 5.07. The molecule has 1 rings (SSSR count). The quantitative estimate of drug-likeness (QED) is 0.766. The molecule has 100 valence electrons. The third kappa shape index (κ3) is 5.04. The fourth-order valence-electron chi connectivity index (χ4n) is 2.26. The second-order valence-corrected chi connectivity index (χ2v) is 5.65. The van der Waals surface area contributed by atoms with Crippen LogP contribution in [0.15, 0.2) is 0 Å². The molecule has 0 radical (unpaired) electrons. The van der Waals surface area contributed by atoms with Crippen LogP contribution in [0.1, 0.15) is 46.0 Å². The largest absolute Gasteiger partial charge is 0.378 e. The van der Waals surface area contributed by atoms with Crippen molar-refractivity contribution in [1.29, 1.82) is 0 Å². The zero-order valence-electron chi connectivity index (χ0n) is 11.3. The van der Waals surface area contributed by atoms with Crippen LogP contribution in [0.3, 0.4) is 0 Å². The molecule has 0 heterocycles. The average molecular weight is 242 g/mol. The van der Waals surface area contributed by atoms with Crippen LogP contribution in [0.5, 0.6) is 0 Å². The van der Waals surface area contributed by atoms with Crippen LogP contribution in [0, 0.1) is 5.92 Å². The summed E-state index contributed by atoms with van der Waals surface area (Å²) in [5, 5.41) is 2.97. The molecular formula is C13H26N2O2. The summed E-state index contributed by atoms with van der Waals surface area (Å²) in [7, 11) is 1.63. The molecule has 1 fully saturated rings. The van der Waals surface area contributed by atoms with E-state index in [4.69, 9.17) is 10.5 Å². The molecule has 2 atom stereocenters. The first kappa shape index (κ1) is 14.5. The maximum absolute atomic E-state index is 11.7. The molecule has 17 heavy (non-hydrogen) atoms. The highest BCUT2D eigenvalue weighted by molar-refractivity contribution is 5.76. The maximum Gasteiger partial charge on any atom is 0.222 e. The maximum atomic E-state index is 11.7. The number of methoxy groups -OCH3 is 1. The summed E-state index contributed by atoms with van der Waals surface area (Å²) in [6, 6.07) is 0.250. The molecule has 0 saturated heterocycles. The molecule has 2 unspecified atom stereocenters. The number of carbonyl (C=O) groups is 1. The van der Waals surface area contributed by atoms with Gasteiger partial charge in [0.15, 0.2) is 0 Å². The first-order valence-corrected chi connectivity index (χ1v) is 6.52. The molecule has 0 spiro atoms. The van der Waals surface area contributed by atoms with Crippen LogP contribution in [0.4, 0.5) is 0 Å². The molecule has 4 heteroatoms. The van der Waals surface area contributed by atoms with Gasteiger partial charge in [-0.25, -0.2) is 0 Å². The van der Waals surface area contributed by atoms with Crippen LogP contribution in [-0.2, 0) is 9.53 Å². The standard InChI is InChI=1S/C13H26N2O2/c1-13(2,17-3)8-12(16)15-9-10-6-4-5-7-11(10)14/h10-11H,4-9,14H2,1-3H3,(H,15,16). The third-order valence-electron chi connectivity index (χ3n) is 3.67. The Bertz CT molecular complexity index is 254. The van der Waals surface area contributed by atoms with Crippen LogP contribution in [0.2, 0.25) is 0 Å². The molecule has 4 nitrogen and oxygen atoms in total. The van der Waals surface area contributed by atoms with Gasteiger partial charge in [0.25, 0.3) is 0 Å². The lowest BCUT2D eigenvalue weighted by molar-refractivity contribution is -0.126. The molecule has 0 aliphatic heterocycles. The Kier molecular flexibility index (Phi) is 5.40. The number of amides is 1. The van der Waals surface area contributed by atoms with E-state index in [0.717, 1.165) is 12.8 Å². The van der Waals surface area contributed by atoms with Gasteiger partial charge in [-0.15, -0.1) is 0 Å². The van der Waals surface area contributed by atoms with E-state index in [-0.39, 0.29) is 11.9 Å². The van der Waals surface area contributed by atoms with Crippen molar-refractivity contribution >= 4 is 5.91 Å². The fraction of sp³-hybridized carbons (Fsp3) is 0.923. The van der Waals surface area contributed by atoms with Gasteiger partial charge in [-0.1, -0.05) is 12.8 Å². The van der Waals surface area contributed by atoms with E-state index in [2.05, 4.69) is 5.32 Å². The molecule has 0 bridgehead atoms. The number of hydrogen-bond acceptors (Lipinski definition) is 3. The molecule has 0 aromatic carbocycles. The van der Waals surface area contributed by atoms with Crippen LogP contribution in [0.25, 0.3) is 0 Å². The van der Waals surface area contributed by atoms with Gasteiger partial charge in [0.1, 0.15) is 0 Å². The lowest BCUT2D eigenvalue weighted by Gasteiger charge is -2.29. The summed E-state index contributed by atoms with van der Waals surface area (Å²) < 4.78 is 5.24. The van der Waals surface area contributed by atoms with E-state index >= 15 is 0 Å². The van der Waals surface area contributed by atoms with Crippen molar-refractivity contribution in [1.82, 2.24) is 5.32 Å². The zero-order valence-corrected chi connectivity index (χ0v) is 11.3. The Morgan fingerprint density at radius 2 is 2.06 bits per heavy atom. The highest BCUT2D eigenvalue weighted by atomic mass is 16.5. The van der Waals surface area contributed by atoms with Crippen molar-refractivity contribution in [3.63, 3.8) is 0 Å². The van der Waals surface area contributed by atoms with Crippen molar-refractivity contribution in [2.24, 2.45) is 11.7 Å². The molecule has 1 saturated carbocycles. The second kappa shape index (κ2) is 6.36. The van der Waals surface area contributed by atoms with E-state index < -0.39 is 5.60 Å². The van der Waals surface area contributed by atoms with Gasteiger partial charge in [-0.05, 0) is 32.6 Å². The first-order chi connectivity index (χ1) is 7.94. The molecule has 1 amide bonds. The Morgan fingerprint density at radius 3 is 2.65 bits per heavy atom.